The van der Waals surface area contributed by atoms with E-state index in [0.717, 1.165) is 12.2 Å². The minimum absolute atomic E-state index is 0.186. The average Bonchev–Trinajstić information content (AvgIpc) is 3.18. The van der Waals surface area contributed by atoms with E-state index in [1.807, 2.05) is 31.3 Å². The van der Waals surface area contributed by atoms with Crippen LogP contribution in [0.3, 0.4) is 0 Å². The summed E-state index contributed by atoms with van der Waals surface area (Å²) in [7, 11) is 1.84. The molecule has 5 heteroatoms. The van der Waals surface area contributed by atoms with E-state index in [1.54, 1.807) is 17.1 Å². The molecule has 2 aromatic rings. The largest absolute Gasteiger partial charge is 0.340 e. The molecule has 5 nitrogen and oxygen atoms in total. The Morgan fingerprint density at radius 2 is 2.10 bits per heavy atom. The van der Waals surface area contributed by atoms with Crippen molar-refractivity contribution in [3.63, 3.8) is 0 Å². The van der Waals surface area contributed by atoms with E-state index >= 15 is 0 Å². The summed E-state index contributed by atoms with van der Waals surface area (Å²) in [5.41, 5.74) is 2.44. The molecule has 1 heterocycles. The summed E-state index contributed by atoms with van der Waals surface area (Å²) in [5.74, 6) is -0.186. The fourth-order valence-electron chi connectivity index (χ4n) is 1.98. The van der Waals surface area contributed by atoms with Crippen molar-refractivity contribution in [1.82, 2.24) is 14.9 Å². The van der Waals surface area contributed by atoms with Crippen molar-refractivity contribution in [3.8, 4) is 0 Å². The average molecular weight is 270 g/mol. The third-order valence-electron chi connectivity index (χ3n) is 3.32. The van der Waals surface area contributed by atoms with E-state index < -0.39 is 0 Å². The monoisotopic (exact) mass is 270 g/mol. The molecular weight excluding hydrogens is 252 g/mol. The molecule has 20 heavy (non-hydrogen) atoms. The van der Waals surface area contributed by atoms with Gasteiger partial charge in [0.2, 0.25) is 0 Å². The highest BCUT2D eigenvalue weighted by atomic mass is 16.1. The van der Waals surface area contributed by atoms with Crippen molar-refractivity contribution in [2.75, 3.05) is 5.32 Å². The van der Waals surface area contributed by atoms with Crippen LogP contribution in [0.2, 0.25) is 0 Å². The summed E-state index contributed by atoms with van der Waals surface area (Å²) in [6.45, 7) is 0.888. The zero-order valence-electron chi connectivity index (χ0n) is 11.5. The molecule has 0 bridgehead atoms. The van der Waals surface area contributed by atoms with Crippen LogP contribution in [0.25, 0.3) is 0 Å². The zero-order chi connectivity index (χ0) is 13.9. The van der Waals surface area contributed by atoms with Crippen molar-refractivity contribution in [2.24, 2.45) is 7.05 Å². The van der Waals surface area contributed by atoms with Crippen molar-refractivity contribution < 1.29 is 4.79 Å². The van der Waals surface area contributed by atoms with Crippen molar-refractivity contribution in [2.45, 2.75) is 25.4 Å². The van der Waals surface area contributed by atoms with Gasteiger partial charge < -0.3 is 15.2 Å². The van der Waals surface area contributed by atoms with Crippen molar-refractivity contribution in [1.29, 1.82) is 0 Å². The lowest BCUT2D eigenvalue weighted by molar-refractivity contribution is 0.102. The summed E-state index contributed by atoms with van der Waals surface area (Å²) in [4.78, 5) is 16.0. The maximum atomic E-state index is 11.9. The third kappa shape index (κ3) is 3.24. The predicted octanol–water partition coefficient (Wildman–Crippen LogP) is 1.92. The Balaban J connectivity index is 1.58. The quantitative estimate of drug-likeness (QED) is 0.872. The number of aromatic nitrogens is 2. The fraction of sp³-hybridized carbons (Fsp3) is 0.333. The Morgan fingerprint density at radius 3 is 2.70 bits per heavy atom. The Kier molecular flexibility index (Phi) is 3.52. The number of carbonyl (C=O) groups excluding carboxylic acids is 1. The number of carbonyl (C=O) groups is 1. The van der Waals surface area contributed by atoms with Crippen LogP contribution in [-0.4, -0.2) is 21.5 Å². The lowest BCUT2D eigenvalue weighted by atomic mass is 10.2. The molecule has 0 spiro atoms. The number of rotatable bonds is 5. The number of anilines is 1. The first-order valence-corrected chi connectivity index (χ1v) is 6.82. The molecule has 0 radical (unpaired) electrons. The molecule has 1 aliphatic rings. The number of nitrogens with one attached hydrogen (secondary N) is 2. The number of hydrogen-bond donors (Lipinski definition) is 2. The van der Waals surface area contributed by atoms with Gasteiger partial charge in [-0.3, -0.25) is 4.79 Å². The SMILES string of the molecule is Cn1cnc(C(=O)Nc2ccc(CNC3CC3)cc2)c1. The van der Waals surface area contributed by atoms with Gasteiger partial charge in [-0.1, -0.05) is 12.1 Å². The number of aryl methyl sites for hydroxylation is 1. The Bertz CT molecular complexity index is 599. The minimum atomic E-state index is -0.186. The number of hydrogen-bond acceptors (Lipinski definition) is 3. The maximum Gasteiger partial charge on any atom is 0.275 e. The van der Waals surface area contributed by atoms with Gasteiger partial charge in [0.15, 0.2) is 0 Å². The molecule has 0 atom stereocenters. The van der Waals surface area contributed by atoms with Gasteiger partial charge in [0.1, 0.15) is 5.69 Å². The van der Waals surface area contributed by atoms with E-state index in [-0.39, 0.29) is 5.91 Å². The summed E-state index contributed by atoms with van der Waals surface area (Å²) >= 11 is 0. The molecule has 0 unspecified atom stereocenters. The highest BCUT2D eigenvalue weighted by Gasteiger charge is 2.19. The third-order valence-corrected chi connectivity index (χ3v) is 3.32. The summed E-state index contributed by atoms with van der Waals surface area (Å²) in [6, 6.07) is 8.61. The first-order chi connectivity index (χ1) is 9.70. The molecule has 0 aliphatic heterocycles. The van der Waals surface area contributed by atoms with Gasteiger partial charge in [-0.25, -0.2) is 4.98 Å². The summed E-state index contributed by atoms with van der Waals surface area (Å²) < 4.78 is 1.75. The fourth-order valence-corrected chi connectivity index (χ4v) is 1.98. The molecule has 1 fully saturated rings. The van der Waals surface area contributed by atoms with E-state index in [9.17, 15) is 4.79 Å². The van der Waals surface area contributed by atoms with Crippen LogP contribution in [-0.2, 0) is 13.6 Å². The molecular formula is C15H18N4O. The van der Waals surface area contributed by atoms with Crippen LogP contribution >= 0.6 is 0 Å². The van der Waals surface area contributed by atoms with Crippen LogP contribution < -0.4 is 10.6 Å². The summed E-state index contributed by atoms with van der Waals surface area (Å²) in [5, 5.41) is 6.30. The minimum Gasteiger partial charge on any atom is -0.340 e. The Morgan fingerprint density at radius 1 is 1.35 bits per heavy atom. The summed E-state index contributed by atoms with van der Waals surface area (Å²) in [6.07, 6.45) is 5.89. The molecule has 104 valence electrons. The van der Waals surface area contributed by atoms with Gasteiger partial charge in [0, 0.05) is 31.5 Å². The van der Waals surface area contributed by atoms with Crippen molar-refractivity contribution in [3.05, 3.63) is 48.0 Å². The van der Waals surface area contributed by atoms with Gasteiger partial charge in [-0.2, -0.15) is 0 Å². The Hall–Kier alpha value is -2.14. The second-order valence-corrected chi connectivity index (χ2v) is 5.23. The van der Waals surface area contributed by atoms with Gasteiger partial charge in [0.05, 0.1) is 6.33 Å². The molecule has 1 aliphatic carbocycles. The van der Waals surface area contributed by atoms with Crippen LogP contribution in [0.15, 0.2) is 36.8 Å². The van der Waals surface area contributed by atoms with Gasteiger partial charge in [0.25, 0.3) is 5.91 Å². The van der Waals surface area contributed by atoms with Crippen LogP contribution in [0.4, 0.5) is 5.69 Å². The molecule has 3 rings (SSSR count). The number of benzene rings is 1. The highest BCUT2D eigenvalue weighted by molar-refractivity contribution is 6.02. The first-order valence-electron chi connectivity index (χ1n) is 6.82. The number of amides is 1. The van der Waals surface area contributed by atoms with Gasteiger partial charge in [-0.05, 0) is 30.5 Å². The van der Waals surface area contributed by atoms with E-state index in [2.05, 4.69) is 15.6 Å². The number of nitrogens with zero attached hydrogens (tertiary/aromatic N) is 2. The molecule has 1 amide bonds. The maximum absolute atomic E-state index is 11.9. The predicted molar refractivity (Wildman–Crippen MR) is 77.5 cm³/mol. The number of imidazole rings is 1. The highest BCUT2D eigenvalue weighted by Crippen LogP contribution is 2.19. The second kappa shape index (κ2) is 5.46. The molecule has 1 aromatic carbocycles. The molecule has 2 N–H and O–H groups in total. The van der Waals surface area contributed by atoms with Crippen molar-refractivity contribution >= 4 is 11.6 Å². The normalized spacial score (nSPS) is 14.2. The Labute approximate surface area is 118 Å². The molecule has 1 saturated carbocycles. The lowest BCUT2D eigenvalue weighted by Crippen LogP contribution is -2.15. The topological polar surface area (TPSA) is 59.0 Å². The van der Waals surface area contributed by atoms with E-state index in [0.29, 0.717) is 11.7 Å². The standard InChI is InChI=1S/C15H18N4O/c1-19-9-14(17-10-19)15(20)18-13-4-2-11(3-5-13)8-16-12-6-7-12/h2-5,9-10,12,16H,6-8H2,1H3,(H,18,20). The van der Waals surface area contributed by atoms with E-state index in [1.165, 1.54) is 18.4 Å². The molecule has 1 aromatic heterocycles. The van der Waals surface area contributed by atoms with Gasteiger partial charge >= 0.3 is 0 Å². The van der Waals surface area contributed by atoms with Crippen LogP contribution in [0.5, 0.6) is 0 Å². The van der Waals surface area contributed by atoms with E-state index in [4.69, 9.17) is 0 Å². The van der Waals surface area contributed by atoms with Crippen LogP contribution in [0.1, 0.15) is 28.9 Å². The lowest BCUT2D eigenvalue weighted by Gasteiger charge is -2.06. The van der Waals surface area contributed by atoms with Crippen LogP contribution in [0, 0.1) is 0 Å². The first kappa shape index (κ1) is 12.9. The second-order valence-electron chi connectivity index (χ2n) is 5.23. The molecule has 0 saturated heterocycles. The zero-order valence-corrected chi connectivity index (χ0v) is 11.5. The van der Waals surface area contributed by atoms with Gasteiger partial charge in [-0.15, -0.1) is 0 Å². The smallest absolute Gasteiger partial charge is 0.275 e.